The minimum absolute atomic E-state index is 0.461. The van der Waals surface area contributed by atoms with Crippen LogP contribution >= 0.6 is 0 Å². The first kappa shape index (κ1) is 13.0. The number of hydrogen-bond acceptors (Lipinski definition) is 5. The SMILES string of the molecule is CCN/C(=C\[N+](=O)[O-])N(C)Cc1cccnc1. The molecule has 0 saturated heterocycles. The van der Waals surface area contributed by atoms with E-state index in [0.29, 0.717) is 18.9 Å². The fourth-order valence-electron chi connectivity index (χ4n) is 1.41. The molecular weight excluding hydrogens is 220 g/mol. The summed E-state index contributed by atoms with van der Waals surface area (Å²) in [7, 11) is 1.80. The van der Waals surface area contributed by atoms with Crippen LogP contribution in [0.15, 0.2) is 36.5 Å². The standard InChI is InChI=1S/C11H16N4O2/c1-3-13-11(9-15(16)17)14(2)8-10-5-4-6-12-7-10/h4-7,9,13H,3,8H2,1-2H3/b11-9+. The van der Waals surface area contributed by atoms with Gasteiger partial charge in [-0.3, -0.25) is 15.1 Å². The molecule has 0 unspecified atom stereocenters. The van der Waals surface area contributed by atoms with Crippen LogP contribution in [-0.4, -0.2) is 28.4 Å². The molecule has 6 heteroatoms. The molecule has 0 bridgehead atoms. The molecule has 1 N–H and O–H groups in total. The van der Waals surface area contributed by atoms with Gasteiger partial charge in [-0.05, 0) is 18.6 Å². The smallest absolute Gasteiger partial charge is 0.274 e. The number of aromatic nitrogens is 1. The molecule has 0 aliphatic rings. The van der Waals surface area contributed by atoms with Gasteiger partial charge in [0.1, 0.15) is 0 Å². The molecule has 0 amide bonds. The summed E-state index contributed by atoms with van der Waals surface area (Å²) in [6, 6.07) is 3.77. The van der Waals surface area contributed by atoms with Gasteiger partial charge in [-0.25, -0.2) is 0 Å². The molecule has 0 spiro atoms. The molecule has 0 atom stereocenters. The Hall–Kier alpha value is -2.11. The topological polar surface area (TPSA) is 71.3 Å². The van der Waals surface area contributed by atoms with Crippen molar-refractivity contribution >= 4 is 0 Å². The molecule has 0 radical (unpaired) electrons. The highest BCUT2D eigenvalue weighted by molar-refractivity contribution is 5.09. The van der Waals surface area contributed by atoms with E-state index in [9.17, 15) is 10.1 Å². The second kappa shape index (κ2) is 6.47. The normalized spacial score (nSPS) is 11.1. The van der Waals surface area contributed by atoms with Gasteiger partial charge in [-0.15, -0.1) is 0 Å². The number of nitrogens with one attached hydrogen (secondary N) is 1. The third kappa shape index (κ3) is 4.50. The number of hydrogen-bond donors (Lipinski definition) is 1. The lowest BCUT2D eigenvalue weighted by molar-refractivity contribution is -0.404. The molecule has 92 valence electrons. The van der Waals surface area contributed by atoms with Gasteiger partial charge in [0.25, 0.3) is 6.20 Å². The Bertz CT molecular complexity index is 392. The van der Waals surface area contributed by atoms with Crippen molar-refractivity contribution in [2.75, 3.05) is 13.6 Å². The Labute approximate surface area is 100 Å². The highest BCUT2D eigenvalue weighted by atomic mass is 16.6. The Kier molecular flexibility index (Phi) is 4.93. The minimum atomic E-state index is -0.461. The number of nitrogens with zero attached hydrogens (tertiary/aromatic N) is 3. The molecule has 1 aromatic heterocycles. The van der Waals surface area contributed by atoms with Gasteiger partial charge >= 0.3 is 0 Å². The second-order valence-corrected chi connectivity index (χ2v) is 3.55. The second-order valence-electron chi connectivity index (χ2n) is 3.55. The van der Waals surface area contributed by atoms with Crippen LogP contribution in [0.3, 0.4) is 0 Å². The van der Waals surface area contributed by atoms with Crippen molar-refractivity contribution in [2.24, 2.45) is 0 Å². The van der Waals surface area contributed by atoms with Gasteiger partial charge in [-0.2, -0.15) is 0 Å². The third-order valence-electron chi connectivity index (χ3n) is 2.14. The van der Waals surface area contributed by atoms with Crippen molar-refractivity contribution in [2.45, 2.75) is 13.5 Å². The molecule has 17 heavy (non-hydrogen) atoms. The summed E-state index contributed by atoms with van der Waals surface area (Å²) in [5, 5.41) is 13.5. The molecule has 1 aromatic rings. The molecule has 0 aromatic carbocycles. The zero-order valence-electron chi connectivity index (χ0n) is 9.96. The molecule has 1 heterocycles. The fraction of sp³-hybridized carbons (Fsp3) is 0.364. The molecule has 0 saturated carbocycles. The van der Waals surface area contributed by atoms with Crippen molar-refractivity contribution in [3.63, 3.8) is 0 Å². The predicted octanol–water partition coefficient (Wildman–Crippen LogP) is 1.20. The van der Waals surface area contributed by atoms with E-state index in [0.717, 1.165) is 11.8 Å². The third-order valence-corrected chi connectivity index (χ3v) is 2.14. The summed E-state index contributed by atoms with van der Waals surface area (Å²) >= 11 is 0. The van der Waals surface area contributed by atoms with Crippen LogP contribution in [0.5, 0.6) is 0 Å². The van der Waals surface area contributed by atoms with E-state index >= 15 is 0 Å². The predicted molar refractivity (Wildman–Crippen MR) is 64.5 cm³/mol. The van der Waals surface area contributed by atoms with Gasteiger partial charge in [0.05, 0.1) is 4.92 Å². The number of pyridine rings is 1. The van der Waals surface area contributed by atoms with Crippen molar-refractivity contribution in [3.05, 3.63) is 52.2 Å². The molecule has 6 nitrogen and oxygen atoms in total. The summed E-state index contributed by atoms with van der Waals surface area (Å²) in [5.41, 5.74) is 1.00. The number of rotatable bonds is 6. The van der Waals surface area contributed by atoms with Gasteiger partial charge in [-0.1, -0.05) is 6.07 Å². The van der Waals surface area contributed by atoms with E-state index in [1.807, 2.05) is 19.1 Å². The van der Waals surface area contributed by atoms with Crippen LogP contribution < -0.4 is 5.32 Å². The molecule has 1 rings (SSSR count). The van der Waals surface area contributed by atoms with E-state index in [1.165, 1.54) is 0 Å². The van der Waals surface area contributed by atoms with Gasteiger partial charge in [0.15, 0.2) is 5.82 Å². The Balaban J connectivity index is 2.72. The van der Waals surface area contributed by atoms with Crippen LogP contribution in [0.2, 0.25) is 0 Å². The summed E-state index contributed by atoms with van der Waals surface area (Å²) in [6.07, 6.45) is 4.41. The van der Waals surface area contributed by atoms with Crippen molar-refractivity contribution in [1.82, 2.24) is 15.2 Å². The molecule has 0 fully saturated rings. The average Bonchev–Trinajstić information content (AvgIpc) is 2.29. The van der Waals surface area contributed by atoms with Crippen LogP contribution in [0.4, 0.5) is 0 Å². The molecule has 0 aliphatic carbocycles. The van der Waals surface area contributed by atoms with Crippen LogP contribution in [-0.2, 0) is 6.54 Å². The summed E-state index contributed by atoms with van der Waals surface area (Å²) in [6.45, 7) is 3.10. The Morgan fingerprint density at radius 2 is 2.47 bits per heavy atom. The number of nitro groups is 1. The summed E-state index contributed by atoms with van der Waals surface area (Å²) in [4.78, 5) is 15.8. The largest absolute Gasteiger partial charge is 0.367 e. The molecule has 0 aliphatic heterocycles. The first-order valence-electron chi connectivity index (χ1n) is 5.32. The van der Waals surface area contributed by atoms with E-state index < -0.39 is 4.92 Å². The molecular formula is C11H16N4O2. The maximum absolute atomic E-state index is 10.5. The van der Waals surface area contributed by atoms with E-state index in [1.54, 1.807) is 24.3 Å². The highest BCUT2D eigenvalue weighted by Gasteiger charge is 2.08. The monoisotopic (exact) mass is 236 g/mol. The quantitative estimate of drug-likeness (QED) is 0.593. The minimum Gasteiger partial charge on any atom is -0.367 e. The average molecular weight is 236 g/mol. The van der Waals surface area contributed by atoms with Crippen LogP contribution in [0, 0.1) is 10.1 Å². The van der Waals surface area contributed by atoms with Gasteiger partial charge < -0.3 is 10.2 Å². The Morgan fingerprint density at radius 1 is 1.71 bits per heavy atom. The lowest BCUT2D eigenvalue weighted by atomic mass is 10.3. The lowest BCUT2D eigenvalue weighted by Crippen LogP contribution is -2.29. The highest BCUT2D eigenvalue weighted by Crippen LogP contribution is 2.05. The van der Waals surface area contributed by atoms with E-state index in [2.05, 4.69) is 10.3 Å². The first-order chi connectivity index (χ1) is 8.13. The van der Waals surface area contributed by atoms with Gasteiger partial charge in [0, 0.05) is 32.5 Å². The fourth-order valence-corrected chi connectivity index (χ4v) is 1.41. The maximum atomic E-state index is 10.5. The summed E-state index contributed by atoms with van der Waals surface area (Å²) in [5.74, 6) is 0.487. The van der Waals surface area contributed by atoms with Gasteiger partial charge in [0.2, 0.25) is 0 Å². The zero-order valence-corrected chi connectivity index (χ0v) is 9.96. The lowest BCUT2D eigenvalue weighted by Gasteiger charge is -2.21. The Morgan fingerprint density at radius 3 is 3.00 bits per heavy atom. The zero-order chi connectivity index (χ0) is 12.7. The van der Waals surface area contributed by atoms with Crippen molar-refractivity contribution in [1.29, 1.82) is 0 Å². The maximum Gasteiger partial charge on any atom is 0.274 e. The van der Waals surface area contributed by atoms with E-state index in [-0.39, 0.29) is 0 Å². The van der Waals surface area contributed by atoms with Crippen molar-refractivity contribution < 1.29 is 4.92 Å². The van der Waals surface area contributed by atoms with Crippen LogP contribution in [0.1, 0.15) is 12.5 Å². The van der Waals surface area contributed by atoms with Crippen LogP contribution in [0.25, 0.3) is 0 Å². The van der Waals surface area contributed by atoms with E-state index in [4.69, 9.17) is 0 Å². The first-order valence-corrected chi connectivity index (χ1v) is 5.32. The summed E-state index contributed by atoms with van der Waals surface area (Å²) < 4.78 is 0. The van der Waals surface area contributed by atoms with Crippen molar-refractivity contribution in [3.8, 4) is 0 Å².